The molecule has 0 spiro atoms. The SMILES string of the molecule is NC1(CCOc2ccccc2Br)CCCC1. The highest BCUT2D eigenvalue weighted by atomic mass is 79.9. The van der Waals surface area contributed by atoms with Crippen LogP contribution in [0.5, 0.6) is 5.75 Å². The third-order valence-electron chi connectivity index (χ3n) is 3.29. The third-order valence-corrected chi connectivity index (χ3v) is 3.95. The molecule has 2 nitrogen and oxygen atoms in total. The molecule has 1 aliphatic carbocycles. The molecular formula is C13H18BrNO. The molecule has 0 heterocycles. The molecule has 0 unspecified atom stereocenters. The van der Waals surface area contributed by atoms with Crippen molar-refractivity contribution in [2.75, 3.05) is 6.61 Å². The zero-order valence-electron chi connectivity index (χ0n) is 9.42. The van der Waals surface area contributed by atoms with Crippen LogP contribution in [0.3, 0.4) is 0 Å². The van der Waals surface area contributed by atoms with Gasteiger partial charge in [-0.1, -0.05) is 25.0 Å². The minimum Gasteiger partial charge on any atom is -0.492 e. The second kappa shape index (κ2) is 5.19. The van der Waals surface area contributed by atoms with Gasteiger partial charge in [-0.2, -0.15) is 0 Å². The molecule has 0 aliphatic heterocycles. The van der Waals surface area contributed by atoms with E-state index in [1.165, 1.54) is 12.8 Å². The lowest BCUT2D eigenvalue weighted by Gasteiger charge is -2.23. The first-order valence-electron chi connectivity index (χ1n) is 5.86. The van der Waals surface area contributed by atoms with Gasteiger partial charge in [0.25, 0.3) is 0 Å². The van der Waals surface area contributed by atoms with Crippen molar-refractivity contribution in [3.8, 4) is 5.75 Å². The molecule has 1 aliphatic rings. The van der Waals surface area contributed by atoms with Crippen LogP contribution >= 0.6 is 15.9 Å². The minimum atomic E-state index is 0.0290. The Bertz CT molecular complexity index is 348. The van der Waals surface area contributed by atoms with E-state index in [-0.39, 0.29) is 5.54 Å². The van der Waals surface area contributed by atoms with Crippen molar-refractivity contribution < 1.29 is 4.74 Å². The van der Waals surface area contributed by atoms with E-state index in [1.54, 1.807) is 0 Å². The Labute approximate surface area is 105 Å². The average molecular weight is 284 g/mol. The highest BCUT2D eigenvalue weighted by molar-refractivity contribution is 9.10. The molecule has 0 radical (unpaired) electrons. The molecule has 88 valence electrons. The van der Waals surface area contributed by atoms with Crippen molar-refractivity contribution in [1.82, 2.24) is 0 Å². The van der Waals surface area contributed by atoms with Crippen molar-refractivity contribution in [1.29, 1.82) is 0 Å². The first-order valence-corrected chi connectivity index (χ1v) is 6.65. The first-order chi connectivity index (χ1) is 7.70. The van der Waals surface area contributed by atoms with Gasteiger partial charge in [0.05, 0.1) is 11.1 Å². The number of benzene rings is 1. The lowest BCUT2D eigenvalue weighted by molar-refractivity contribution is 0.257. The molecule has 1 aromatic rings. The number of para-hydroxylation sites is 1. The highest BCUT2D eigenvalue weighted by Gasteiger charge is 2.28. The van der Waals surface area contributed by atoms with Crippen molar-refractivity contribution in [2.45, 2.75) is 37.6 Å². The van der Waals surface area contributed by atoms with Gasteiger partial charge in [0, 0.05) is 5.54 Å². The van der Waals surface area contributed by atoms with E-state index in [0.29, 0.717) is 6.61 Å². The molecule has 0 amide bonds. The third kappa shape index (κ3) is 2.98. The van der Waals surface area contributed by atoms with Gasteiger partial charge in [-0.3, -0.25) is 0 Å². The highest BCUT2D eigenvalue weighted by Crippen LogP contribution is 2.30. The van der Waals surface area contributed by atoms with Gasteiger partial charge < -0.3 is 10.5 Å². The first kappa shape index (κ1) is 11.9. The summed E-state index contributed by atoms with van der Waals surface area (Å²) in [5.74, 6) is 0.907. The number of halogens is 1. The van der Waals surface area contributed by atoms with Gasteiger partial charge in [-0.25, -0.2) is 0 Å². The Balaban J connectivity index is 1.82. The zero-order chi connectivity index (χ0) is 11.4. The van der Waals surface area contributed by atoms with Crippen LogP contribution in [0.15, 0.2) is 28.7 Å². The smallest absolute Gasteiger partial charge is 0.133 e. The minimum absolute atomic E-state index is 0.0290. The molecule has 16 heavy (non-hydrogen) atoms. The summed E-state index contributed by atoms with van der Waals surface area (Å²) in [5.41, 5.74) is 6.30. The average Bonchev–Trinajstić information content (AvgIpc) is 2.68. The van der Waals surface area contributed by atoms with E-state index >= 15 is 0 Å². The molecule has 2 rings (SSSR count). The fourth-order valence-corrected chi connectivity index (χ4v) is 2.65. The second-order valence-electron chi connectivity index (χ2n) is 4.60. The van der Waals surface area contributed by atoms with E-state index in [2.05, 4.69) is 15.9 Å². The summed E-state index contributed by atoms with van der Waals surface area (Å²) in [6.07, 6.45) is 5.78. The zero-order valence-corrected chi connectivity index (χ0v) is 11.0. The number of nitrogens with two attached hydrogens (primary N) is 1. The molecule has 1 saturated carbocycles. The van der Waals surface area contributed by atoms with Gasteiger partial charge in [-0.15, -0.1) is 0 Å². The van der Waals surface area contributed by atoms with Gasteiger partial charge in [-0.05, 0) is 47.3 Å². The molecular weight excluding hydrogens is 266 g/mol. The fourth-order valence-electron chi connectivity index (χ4n) is 2.26. The number of hydrogen-bond donors (Lipinski definition) is 1. The summed E-state index contributed by atoms with van der Waals surface area (Å²) in [5, 5.41) is 0. The van der Waals surface area contributed by atoms with Gasteiger partial charge >= 0.3 is 0 Å². The van der Waals surface area contributed by atoms with Crippen LogP contribution in [0.25, 0.3) is 0 Å². The quantitative estimate of drug-likeness (QED) is 0.918. The lowest BCUT2D eigenvalue weighted by atomic mass is 9.95. The van der Waals surface area contributed by atoms with Crippen LogP contribution in [-0.4, -0.2) is 12.1 Å². The van der Waals surface area contributed by atoms with Crippen LogP contribution in [0.1, 0.15) is 32.1 Å². The Morgan fingerprint density at radius 2 is 1.94 bits per heavy atom. The van der Waals surface area contributed by atoms with Crippen molar-refractivity contribution in [3.05, 3.63) is 28.7 Å². The van der Waals surface area contributed by atoms with Gasteiger partial charge in [0.1, 0.15) is 5.75 Å². The summed E-state index contributed by atoms with van der Waals surface area (Å²) >= 11 is 3.47. The molecule has 0 saturated heterocycles. The molecule has 1 fully saturated rings. The fraction of sp³-hybridized carbons (Fsp3) is 0.538. The van der Waals surface area contributed by atoms with Crippen molar-refractivity contribution >= 4 is 15.9 Å². The molecule has 3 heteroatoms. The summed E-state index contributed by atoms with van der Waals surface area (Å²) in [6, 6.07) is 7.93. The summed E-state index contributed by atoms with van der Waals surface area (Å²) in [7, 11) is 0. The van der Waals surface area contributed by atoms with Crippen LogP contribution < -0.4 is 10.5 Å². The summed E-state index contributed by atoms with van der Waals surface area (Å²) in [6.45, 7) is 0.707. The molecule has 0 aromatic heterocycles. The Hall–Kier alpha value is -0.540. The summed E-state index contributed by atoms with van der Waals surface area (Å²) in [4.78, 5) is 0. The van der Waals surface area contributed by atoms with E-state index in [1.807, 2.05) is 24.3 Å². The van der Waals surface area contributed by atoms with E-state index in [0.717, 1.165) is 29.5 Å². The number of hydrogen-bond acceptors (Lipinski definition) is 2. The van der Waals surface area contributed by atoms with E-state index in [4.69, 9.17) is 10.5 Å². The number of ether oxygens (including phenoxy) is 1. The van der Waals surface area contributed by atoms with Crippen LogP contribution in [0.2, 0.25) is 0 Å². The molecule has 0 bridgehead atoms. The maximum Gasteiger partial charge on any atom is 0.133 e. The predicted molar refractivity (Wildman–Crippen MR) is 69.6 cm³/mol. The van der Waals surface area contributed by atoms with Crippen molar-refractivity contribution in [2.24, 2.45) is 5.73 Å². The molecule has 2 N–H and O–H groups in total. The Morgan fingerprint density at radius 1 is 1.25 bits per heavy atom. The van der Waals surface area contributed by atoms with Crippen LogP contribution in [-0.2, 0) is 0 Å². The maximum absolute atomic E-state index is 6.27. The lowest BCUT2D eigenvalue weighted by Crippen LogP contribution is -2.37. The van der Waals surface area contributed by atoms with E-state index in [9.17, 15) is 0 Å². The Kier molecular flexibility index (Phi) is 3.87. The monoisotopic (exact) mass is 283 g/mol. The normalized spacial score (nSPS) is 18.6. The molecule has 0 atom stereocenters. The van der Waals surface area contributed by atoms with Crippen molar-refractivity contribution in [3.63, 3.8) is 0 Å². The topological polar surface area (TPSA) is 35.2 Å². The number of rotatable bonds is 4. The van der Waals surface area contributed by atoms with Gasteiger partial charge in [0.2, 0.25) is 0 Å². The Morgan fingerprint density at radius 3 is 2.62 bits per heavy atom. The van der Waals surface area contributed by atoms with Crippen LogP contribution in [0, 0.1) is 0 Å². The second-order valence-corrected chi connectivity index (χ2v) is 5.45. The molecule has 1 aromatic carbocycles. The summed E-state index contributed by atoms with van der Waals surface area (Å²) < 4.78 is 6.74. The van der Waals surface area contributed by atoms with Gasteiger partial charge in [0.15, 0.2) is 0 Å². The van der Waals surface area contributed by atoms with E-state index < -0.39 is 0 Å². The predicted octanol–water partition coefficient (Wildman–Crippen LogP) is 3.49. The maximum atomic E-state index is 6.27. The largest absolute Gasteiger partial charge is 0.492 e. The standard InChI is InChI=1S/C13H18BrNO/c14-11-5-1-2-6-12(11)16-10-9-13(15)7-3-4-8-13/h1-2,5-6H,3-4,7-10,15H2. The van der Waals surface area contributed by atoms with Crippen LogP contribution in [0.4, 0.5) is 0 Å².